The van der Waals surface area contributed by atoms with Crippen molar-refractivity contribution in [1.82, 2.24) is 4.90 Å². The van der Waals surface area contributed by atoms with Crippen LogP contribution in [0, 0.1) is 6.92 Å². The highest BCUT2D eigenvalue weighted by Gasteiger charge is 2.45. The molecule has 0 radical (unpaired) electrons. The van der Waals surface area contributed by atoms with Gasteiger partial charge in [0.15, 0.2) is 5.78 Å². The molecule has 5 nitrogen and oxygen atoms in total. The van der Waals surface area contributed by atoms with E-state index in [9.17, 15) is 19.5 Å². The summed E-state index contributed by atoms with van der Waals surface area (Å²) in [6, 6.07) is 7.22. The Morgan fingerprint density at radius 3 is 2.41 bits per heavy atom. The summed E-state index contributed by atoms with van der Waals surface area (Å²) in [7, 11) is 0. The molecule has 1 N–H and O–H groups in total. The Hall–Kier alpha value is -2.17. The average molecular weight is 303 g/mol. The molecule has 1 fully saturated rings. The van der Waals surface area contributed by atoms with Crippen LogP contribution in [0.2, 0.25) is 0 Å². The third-order valence-corrected chi connectivity index (χ3v) is 4.34. The van der Waals surface area contributed by atoms with Crippen LogP contribution in [0.15, 0.2) is 24.3 Å². The van der Waals surface area contributed by atoms with Gasteiger partial charge in [0, 0.05) is 24.9 Å². The van der Waals surface area contributed by atoms with Crippen LogP contribution in [0.5, 0.6) is 0 Å². The molecule has 1 heterocycles. The van der Waals surface area contributed by atoms with Crippen molar-refractivity contribution in [3.05, 3.63) is 35.4 Å². The smallest absolute Gasteiger partial charge is 0.329 e. The van der Waals surface area contributed by atoms with E-state index < -0.39 is 11.5 Å². The van der Waals surface area contributed by atoms with Gasteiger partial charge in [-0.15, -0.1) is 0 Å². The highest BCUT2D eigenvalue weighted by Crippen LogP contribution is 2.30. The second-order valence-corrected chi connectivity index (χ2v) is 6.02. The predicted octanol–water partition coefficient (Wildman–Crippen LogP) is 2.42. The fourth-order valence-corrected chi connectivity index (χ4v) is 2.82. The van der Waals surface area contributed by atoms with Gasteiger partial charge in [0.25, 0.3) is 0 Å². The summed E-state index contributed by atoms with van der Waals surface area (Å²) in [4.78, 5) is 37.1. The maximum absolute atomic E-state index is 12.3. The van der Waals surface area contributed by atoms with Crippen LogP contribution in [0.3, 0.4) is 0 Å². The van der Waals surface area contributed by atoms with E-state index >= 15 is 0 Å². The zero-order chi connectivity index (χ0) is 16.3. The highest BCUT2D eigenvalue weighted by molar-refractivity contribution is 5.98. The highest BCUT2D eigenvalue weighted by atomic mass is 16.4. The second-order valence-electron chi connectivity index (χ2n) is 6.02. The first-order valence-electron chi connectivity index (χ1n) is 7.48. The van der Waals surface area contributed by atoms with Crippen LogP contribution in [-0.2, 0) is 9.59 Å². The molecule has 1 amide bonds. The van der Waals surface area contributed by atoms with E-state index in [-0.39, 0.29) is 24.5 Å². The van der Waals surface area contributed by atoms with E-state index in [1.54, 1.807) is 19.1 Å². The molecule has 1 aromatic rings. The molecule has 0 aromatic heterocycles. The number of aryl methyl sites for hydroxylation is 1. The van der Waals surface area contributed by atoms with Crippen molar-refractivity contribution in [3.8, 4) is 0 Å². The maximum atomic E-state index is 12.3. The van der Waals surface area contributed by atoms with Gasteiger partial charge in [0.1, 0.15) is 5.54 Å². The molecule has 118 valence electrons. The lowest BCUT2D eigenvalue weighted by atomic mass is 9.98. The van der Waals surface area contributed by atoms with E-state index in [2.05, 4.69) is 0 Å². The zero-order valence-corrected chi connectivity index (χ0v) is 13.0. The molecule has 2 rings (SSSR count). The molecule has 0 aliphatic carbocycles. The summed E-state index contributed by atoms with van der Waals surface area (Å²) in [5.41, 5.74) is 0.520. The van der Waals surface area contributed by atoms with Gasteiger partial charge >= 0.3 is 5.97 Å². The number of ketones is 1. The molecule has 5 heteroatoms. The molecule has 1 atom stereocenters. The van der Waals surface area contributed by atoms with Crippen molar-refractivity contribution in [3.63, 3.8) is 0 Å². The molecule has 0 bridgehead atoms. The van der Waals surface area contributed by atoms with Crippen LogP contribution >= 0.6 is 0 Å². The molecule has 1 aliphatic heterocycles. The Morgan fingerprint density at radius 1 is 1.18 bits per heavy atom. The molecular formula is C17H21NO4. The Labute approximate surface area is 129 Å². The van der Waals surface area contributed by atoms with Crippen molar-refractivity contribution in [1.29, 1.82) is 0 Å². The number of carboxylic acids is 1. The predicted molar refractivity (Wildman–Crippen MR) is 81.7 cm³/mol. The summed E-state index contributed by atoms with van der Waals surface area (Å²) in [6.07, 6.45) is 1.30. The first-order valence-corrected chi connectivity index (χ1v) is 7.48. The molecule has 22 heavy (non-hydrogen) atoms. The van der Waals surface area contributed by atoms with E-state index in [1.807, 2.05) is 19.1 Å². The molecule has 0 saturated carbocycles. The number of carboxylic acid groups (broad SMARTS) is 1. The Kier molecular flexibility index (Phi) is 4.64. The standard InChI is InChI=1S/C17H21NO4/c1-12-4-6-13(7-5-12)14(19)8-9-15(20)18-11-3-10-17(18,2)16(21)22/h4-7H,3,8-11H2,1-2H3,(H,21,22). The topological polar surface area (TPSA) is 74.7 Å². The van der Waals surface area contributed by atoms with Crippen LogP contribution in [0.25, 0.3) is 0 Å². The van der Waals surface area contributed by atoms with Gasteiger partial charge in [0.05, 0.1) is 0 Å². The van der Waals surface area contributed by atoms with Gasteiger partial charge in [-0.3, -0.25) is 9.59 Å². The van der Waals surface area contributed by atoms with Crippen LogP contribution in [0.4, 0.5) is 0 Å². The van der Waals surface area contributed by atoms with Gasteiger partial charge in [-0.2, -0.15) is 0 Å². The second kappa shape index (κ2) is 6.30. The molecule has 1 unspecified atom stereocenters. The van der Waals surface area contributed by atoms with Gasteiger partial charge in [0.2, 0.25) is 5.91 Å². The fourth-order valence-electron chi connectivity index (χ4n) is 2.82. The van der Waals surface area contributed by atoms with E-state index in [1.165, 1.54) is 4.90 Å². The number of rotatable bonds is 5. The maximum Gasteiger partial charge on any atom is 0.329 e. The number of Topliss-reactive ketones (excluding diaryl/α,β-unsaturated/α-hetero) is 1. The largest absolute Gasteiger partial charge is 0.480 e. The van der Waals surface area contributed by atoms with Crippen LogP contribution in [0.1, 0.15) is 48.5 Å². The van der Waals surface area contributed by atoms with Gasteiger partial charge < -0.3 is 10.0 Å². The number of nitrogens with zero attached hydrogens (tertiary/aromatic N) is 1. The molecule has 1 saturated heterocycles. The quantitative estimate of drug-likeness (QED) is 0.848. The number of hydrogen-bond donors (Lipinski definition) is 1. The minimum Gasteiger partial charge on any atom is -0.480 e. The Morgan fingerprint density at radius 2 is 1.82 bits per heavy atom. The summed E-state index contributed by atoms with van der Waals surface area (Å²) >= 11 is 0. The third-order valence-electron chi connectivity index (χ3n) is 4.34. The monoisotopic (exact) mass is 303 g/mol. The molecular weight excluding hydrogens is 282 g/mol. The van der Waals surface area contributed by atoms with Gasteiger partial charge in [-0.05, 0) is 26.7 Å². The lowest BCUT2D eigenvalue weighted by molar-refractivity contribution is -0.155. The van der Waals surface area contributed by atoms with Crippen molar-refractivity contribution in [2.24, 2.45) is 0 Å². The van der Waals surface area contributed by atoms with E-state index in [0.29, 0.717) is 24.9 Å². The summed E-state index contributed by atoms with van der Waals surface area (Å²) in [5, 5.41) is 9.31. The lowest BCUT2D eigenvalue weighted by Crippen LogP contribution is -2.50. The van der Waals surface area contributed by atoms with E-state index in [4.69, 9.17) is 0 Å². The summed E-state index contributed by atoms with van der Waals surface area (Å²) in [5.74, 6) is -1.34. The minimum absolute atomic E-state index is 0.0512. The lowest BCUT2D eigenvalue weighted by Gasteiger charge is -2.31. The third kappa shape index (κ3) is 3.18. The molecule has 0 spiro atoms. The van der Waals surface area contributed by atoms with Gasteiger partial charge in [-0.25, -0.2) is 4.79 Å². The number of likely N-dealkylation sites (tertiary alicyclic amines) is 1. The number of aliphatic carboxylic acids is 1. The Balaban J connectivity index is 1.96. The van der Waals surface area contributed by atoms with Gasteiger partial charge in [-0.1, -0.05) is 29.8 Å². The van der Waals surface area contributed by atoms with Crippen LogP contribution in [-0.4, -0.2) is 39.7 Å². The van der Waals surface area contributed by atoms with Crippen molar-refractivity contribution in [2.75, 3.05) is 6.54 Å². The number of amides is 1. The number of carbonyl (C=O) groups is 3. The van der Waals surface area contributed by atoms with Crippen molar-refractivity contribution < 1.29 is 19.5 Å². The average Bonchev–Trinajstić information content (AvgIpc) is 2.88. The summed E-state index contributed by atoms with van der Waals surface area (Å²) < 4.78 is 0. The normalized spacial score (nSPS) is 20.9. The molecule has 1 aliphatic rings. The Bertz CT molecular complexity index is 593. The number of carbonyl (C=O) groups excluding carboxylic acids is 2. The first kappa shape index (κ1) is 16.2. The zero-order valence-electron chi connectivity index (χ0n) is 13.0. The fraction of sp³-hybridized carbons (Fsp3) is 0.471. The van der Waals surface area contributed by atoms with Crippen LogP contribution < -0.4 is 0 Å². The minimum atomic E-state index is -1.13. The SMILES string of the molecule is Cc1ccc(C(=O)CCC(=O)N2CCCC2(C)C(=O)O)cc1. The summed E-state index contributed by atoms with van der Waals surface area (Å²) in [6.45, 7) is 3.96. The first-order chi connectivity index (χ1) is 10.3. The van der Waals surface area contributed by atoms with Crippen molar-refractivity contribution >= 4 is 17.7 Å². The number of hydrogen-bond acceptors (Lipinski definition) is 3. The van der Waals surface area contributed by atoms with Crippen molar-refractivity contribution in [2.45, 2.75) is 45.1 Å². The molecule has 1 aromatic carbocycles. The number of benzene rings is 1. The van der Waals surface area contributed by atoms with E-state index in [0.717, 1.165) is 5.56 Å².